The number of carbonyl (C=O) groups excluding carboxylic acids is 3. The lowest BCUT2D eigenvalue weighted by Gasteiger charge is -2.27. The van der Waals surface area contributed by atoms with Gasteiger partial charge in [-0.3, -0.25) is 14.5 Å². The highest BCUT2D eigenvalue weighted by molar-refractivity contribution is 7.80. The Balaban J connectivity index is 1.93. The summed E-state index contributed by atoms with van der Waals surface area (Å²) in [7, 11) is 2.52. The van der Waals surface area contributed by atoms with Crippen molar-refractivity contribution in [1.82, 2.24) is 15.1 Å². The number of hydrogen-bond acceptors (Lipinski definition) is 7. The minimum atomic E-state index is -0.915. The van der Waals surface area contributed by atoms with Gasteiger partial charge in [0.1, 0.15) is 6.04 Å². The molecule has 2 rings (SSSR count). The molecule has 1 atom stereocenters. The Morgan fingerprint density at radius 2 is 1.71 bits per heavy atom. The van der Waals surface area contributed by atoms with Gasteiger partial charge in [-0.15, -0.1) is 0 Å². The van der Waals surface area contributed by atoms with Gasteiger partial charge in [-0.25, -0.2) is 4.79 Å². The molecule has 0 saturated carbocycles. The van der Waals surface area contributed by atoms with E-state index in [4.69, 9.17) is 17.0 Å². The summed E-state index contributed by atoms with van der Waals surface area (Å²) in [6.07, 6.45) is 2.34. The fourth-order valence-corrected chi connectivity index (χ4v) is 4.27. The molecule has 1 aromatic rings. The highest BCUT2D eigenvalue weighted by atomic mass is 32.1. The first-order chi connectivity index (χ1) is 16.3. The monoisotopic (exact) mass is 492 g/mol. The second-order valence-corrected chi connectivity index (χ2v) is 8.52. The Bertz CT molecular complexity index is 857. The molecule has 2 N–H and O–H groups in total. The number of nitrogens with one attached hydrogen (secondary N) is 2. The molecule has 0 bridgehead atoms. The molecule has 1 saturated heterocycles. The number of aryl methyl sites for hydroxylation is 2. The van der Waals surface area contributed by atoms with Crippen molar-refractivity contribution in [2.75, 3.05) is 52.3 Å². The van der Waals surface area contributed by atoms with Gasteiger partial charge in [0.25, 0.3) is 0 Å². The maximum atomic E-state index is 12.8. The van der Waals surface area contributed by atoms with Gasteiger partial charge in [0.05, 0.1) is 27.2 Å². The summed E-state index contributed by atoms with van der Waals surface area (Å²) < 4.78 is 9.43. The lowest BCUT2D eigenvalue weighted by atomic mass is 10.0. The van der Waals surface area contributed by atoms with Gasteiger partial charge in [-0.1, -0.05) is 32.0 Å². The van der Waals surface area contributed by atoms with Crippen LogP contribution in [0.3, 0.4) is 0 Å². The lowest BCUT2D eigenvalue weighted by molar-refractivity contribution is -0.149. The number of nitrogens with zero attached hydrogens (tertiary/aromatic N) is 2. The molecule has 1 aliphatic heterocycles. The lowest BCUT2D eigenvalue weighted by Crippen LogP contribution is -2.50. The fourth-order valence-electron chi connectivity index (χ4n) is 3.94. The summed E-state index contributed by atoms with van der Waals surface area (Å²) in [6, 6.07) is 5.22. The predicted octanol–water partition coefficient (Wildman–Crippen LogP) is 1.74. The minimum Gasteiger partial charge on any atom is -0.469 e. The van der Waals surface area contributed by atoms with Crippen LogP contribution in [-0.2, 0) is 36.7 Å². The highest BCUT2D eigenvalue weighted by Crippen LogP contribution is 2.22. The molecule has 1 unspecified atom stereocenters. The summed E-state index contributed by atoms with van der Waals surface area (Å²) in [5, 5.41) is 6.42. The summed E-state index contributed by atoms with van der Waals surface area (Å²) in [5.74, 6) is -1.15. The molecule has 1 fully saturated rings. The molecule has 0 spiro atoms. The third kappa shape index (κ3) is 7.95. The van der Waals surface area contributed by atoms with Crippen LogP contribution in [0.4, 0.5) is 5.69 Å². The molecule has 10 heteroatoms. The summed E-state index contributed by atoms with van der Waals surface area (Å²) >= 11 is 5.49. The van der Waals surface area contributed by atoms with E-state index in [9.17, 15) is 14.4 Å². The zero-order valence-corrected chi connectivity index (χ0v) is 21.3. The fraction of sp³-hybridized carbons (Fsp3) is 0.583. The van der Waals surface area contributed by atoms with E-state index in [2.05, 4.69) is 34.1 Å². The number of esters is 2. The van der Waals surface area contributed by atoms with Crippen LogP contribution < -0.4 is 10.6 Å². The molecule has 0 aliphatic carbocycles. The number of amides is 1. The quantitative estimate of drug-likeness (QED) is 0.394. The van der Waals surface area contributed by atoms with E-state index >= 15 is 0 Å². The number of benzene rings is 1. The highest BCUT2D eigenvalue weighted by Gasteiger charge is 2.27. The van der Waals surface area contributed by atoms with E-state index in [1.165, 1.54) is 14.2 Å². The number of para-hydroxylation sites is 1. The zero-order chi connectivity index (χ0) is 25.1. The van der Waals surface area contributed by atoms with Gasteiger partial charge in [0.2, 0.25) is 5.91 Å². The minimum absolute atomic E-state index is 0.0337. The SMILES string of the molecule is CCc1cccc(CC)c1NC(=O)CN1CCCN(C(=S)NC(CC(=O)OC)C(=O)OC)CC1. The molecule has 0 radical (unpaired) electrons. The Kier molecular flexibility index (Phi) is 11.2. The summed E-state index contributed by atoms with van der Waals surface area (Å²) in [4.78, 5) is 40.6. The average molecular weight is 493 g/mol. The first-order valence-corrected chi connectivity index (χ1v) is 12.1. The standard InChI is InChI=1S/C24H36N4O5S/c1-5-17-9-7-10-18(6-2)22(17)26-20(29)16-27-11-8-12-28(14-13-27)24(34)25-19(23(31)33-4)15-21(30)32-3/h7,9-10,19H,5-6,8,11-16H2,1-4H3,(H,25,34)(H,26,29). The van der Waals surface area contributed by atoms with E-state index in [1.807, 2.05) is 23.1 Å². The zero-order valence-electron chi connectivity index (χ0n) is 20.5. The molecule has 188 valence electrons. The van der Waals surface area contributed by atoms with Crippen LogP contribution in [0.1, 0.15) is 37.8 Å². The number of carbonyl (C=O) groups is 3. The Hall–Kier alpha value is -2.72. The number of ether oxygens (including phenoxy) is 2. The summed E-state index contributed by atoms with van der Waals surface area (Å²) in [6.45, 7) is 7.13. The second kappa shape index (κ2) is 13.9. The van der Waals surface area contributed by atoms with E-state index in [0.717, 1.165) is 42.6 Å². The first kappa shape index (κ1) is 27.5. The van der Waals surface area contributed by atoms with Crippen molar-refractivity contribution >= 4 is 40.9 Å². The van der Waals surface area contributed by atoms with Crippen LogP contribution in [0.5, 0.6) is 0 Å². The second-order valence-electron chi connectivity index (χ2n) is 8.13. The van der Waals surface area contributed by atoms with E-state index in [0.29, 0.717) is 31.3 Å². The Labute approximate surface area is 207 Å². The van der Waals surface area contributed by atoms with Crippen LogP contribution in [-0.4, -0.2) is 85.7 Å². The first-order valence-electron chi connectivity index (χ1n) is 11.7. The van der Waals surface area contributed by atoms with Crippen molar-refractivity contribution in [3.05, 3.63) is 29.3 Å². The van der Waals surface area contributed by atoms with Gasteiger partial charge in [0.15, 0.2) is 5.11 Å². The number of anilines is 1. The molecular formula is C24H36N4O5S. The van der Waals surface area contributed by atoms with Crippen LogP contribution in [0.2, 0.25) is 0 Å². The third-order valence-corrected chi connectivity index (χ3v) is 6.26. The predicted molar refractivity (Wildman–Crippen MR) is 135 cm³/mol. The van der Waals surface area contributed by atoms with Crippen molar-refractivity contribution in [2.24, 2.45) is 0 Å². The number of hydrogen-bond donors (Lipinski definition) is 2. The molecule has 0 aromatic heterocycles. The van der Waals surface area contributed by atoms with Crippen LogP contribution in [0, 0.1) is 0 Å². The van der Waals surface area contributed by atoms with E-state index in [-0.39, 0.29) is 12.3 Å². The number of methoxy groups -OCH3 is 2. The van der Waals surface area contributed by atoms with E-state index in [1.54, 1.807) is 0 Å². The molecule has 1 aliphatic rings. The molecule has 9 nitrogen and oxygen atoms in total. The van der Waals surface area contributed by atoms with Crippen molar-refractivity contribution < 1.29 is 23.9 Å². The normalized spacial score (nSPS) is 15.1. The molecule has 34 heavy (non-hydrogen) atoms. The molecule has 1 heterocycles. The maximum Gasteiger partial charge on any atom is 0.328 e. The smallest absolute Gasteiger partial charge is 0.328 e. The third-order valence-electron chi connectivity index (χ3n) is 5.89. The average Bonchev–Trinajstić information content (AvgIpc) is 3.08. The molecule has 1 aromatic carbocycles. The van der Waals surface area contributed by atoms with Gasteiger partial charge < -0.3 is 25.0 Å². The van der Waals surface area contributed by atoms with Crippen LogP contribution in [0.25, 0.3) is 0 Å². The van der Waals surface area contributed by atoms with Gasteiger partial charge in [-0.05, 0) is 42.6 Å². The van der Waals surface area contributed by atoms with E-state index < -0.39 is 18.0 Å². The van der Waals surface area contributed by atoms with Crippen molar-refractivity contribution in [3.63, 3.8) is 0 Å². The topological polar surface area (TPSA) is 100 Å². The van der Waals surface area contributed by atoms with Crippen molar-refractivity contribution in [2.45, 2.75) is 45.6 Å². The van der Waals surface area contributed by atoms with Crippen molar-refractivity contribution in [3.8, 4) is 0 Å². The number of rotatable bonds is 9. The Morgan fingerprint density at radius 1 is 1.03 bits per heavy atom. The van der Waals surface area contributed by atoms with Gasteiger partial charge in [-0.2, -0.15) is 0 Å². The maximum absolute atomic E-state index is 12.8. The van der Waals surface area contributed by atoms with Crippen molar-refractivity contribution in [1.29, 1.82) is 0 Å². The van der Waals surface area contributed by atoms with Crippen LogP contribution >= 0.6 is 12.2 Å². The summed E-state index contributed by atoms with van der Waals surface area (Å²) in [5.41, 5.74) is 3.20. The van der Waals surface area contributed by atoms with Crippen LogP contribution in [0.15, 0.2) is 18.2 Å². The molecular weight excluding hydrogens is 456 g/mol. The Morgan fingerprint density at radius 3 is 2.29 bits per heavy atom. The molecule has 1 amide bonds. The number of thiocarbonyl (C=S) groups is 1. The largest absolute Gasteiger partial charge is 0.469 e. The van der Waals surface area contributed by atoms with Gasteiger partial charge >= 0.3 is 11.9 Å². The van der Waals surface area contributed by atoms with Gasteiger partial charge in [0, 0.05) is 31.9 Å².